The molecule has 122 valence electrons. The highest BCUT2D eigenvalue weighted by Gasteiger charge is 2.22. The van der Waals surface area contributed by atoms with Gasteiger partial charge in [-0.1, -0.05) is 35.5 Å². The molecule has 1 aromatic heterocycles. The number of aryl methyl sites for hydroxylation is 1. The maximum absolute atomic E-state index is 12.4. The first-order chi connectivity index (χ1) is 11.3. The van der Waals surface area contributed by atoms with Crippen molar-refractivity contribution in [1.29, 1.82) is 0 Å². The molecule has 1 N–H and O–H groups in total. The Morgan fingerprint density at radius 1 is 1.35 bits per heavy atom. The number of ether oxygens (including phenoxy) is 1. The van der Waals surface area contributed by atoms with Gasteiger partial charge in [-0.3, -0.25) is 4.79 Å². The normalized spacial score (nSPS) is 14.0. The Kier molecular flexibility index (Phi) is 5.08. The minimum absolute atomic E-state index is 0.148. The van der Waals surface area contributed by atoms with Gasteiger partial charge in [-0.05, 0) is 32.1 Å². The molecular formula is C18H22N2O3. The summed E-state index contributed by atoms with van der Waals surface area (Å²) in [5.74, 6) is 1.16. The van der Waals surface area contributed by atoms with Crippen molar-refractivity contribution in [3.8, 4) is 11.3 Å². The SMILES string of the molecule is Cc1onc(-c2ccccc2)c1C(=O)NCCCOCC1CC1. The van der Waals surface area contributed by atoms with Gasteiger partial charge in [-0.2, -0.15) is 0 Å². The van der Waals surface area contributed by atoms with Crippen LogP contribution in [-0.2, 0) is 4.74 Å². The van der Waals surface area contributed by atoms with E-state index in [1.54, 1.807) is 6.92 Å². The van der Waals surface area contributed by atoms with E-state index in [-0.39, 0.29) is 5.91 Å². The van der Waals surface area contributed by atoms with Crippen molar-refractivity contribution in [2.24, 2.45) is 5.92 Å². The Morgan fingerprint density at radius 3 is 2.87 bits per heavy atom. The molecule has 5 nitrogen and oxygen atoms in total. The first kappa shape index (κ1) is 15.7. The minimum atomic E-state index is -0.148. The molecule has 1 amide bonds. The Hall–Kier alpha value is -2.14. The van der Waals surface area contributed by atoms with E-state index in [0.29, 0.717) is 30.2 Å². The number of rotatable bonds is 8. The molecule has 0 bridgehead atoms. The predicted molar refractivity (Wildman–Crippen MR) is 87.2 cm³/mol. The van der Waals surface area contributed by atoms with Crippen LogP contribution in [0.3, 0.4) is 0 Å². The molecule has 0 atom stereocenters. The monoisotopic (exact) mass is 314 g/mol. The summed E-state index contributed by atoms with van der Waals surface area (Å²) in [5.41, 5.74) is 1.97. The zero-order valence-corrected chi connectivity index (χ0v) is 13.4. The van der Waals surface area contributed by atoms with Crippen molar-refractivity contribution in [2.75, 3.05) is 19.8 Å². The van der Waals surface area contributed by atoms with Crippen molar-refractivity contribution in [1.82, 2.24) is 10.5 Å². The highest BCUT2D eigenvalue weighted by atomic mass is 16.5. The van der Waals surface area contributed by atoms with Gasteiger partial charge in [0, 0.05) is 25.3 Å². The summed E-state index contributed by atoms with van der Waals surface area (Å²) >= 11 is 0. The van der Waals surface area contributed by atoms with Gasteiger partial charge in [0.25, 0.3) is 5.91 Å². The van der Waals surface area contributed by atoms with Crippen LogP contribution in [0.15, 0.2) is 34.9 Å². The number of carbonyl (C=O) groups is 1. The second-order valence-corrected chi connectivity index (χ2v) is 5.96. The number of nitrogens with zero attached hydrogens (tertiary/aromatic N) is 1. The van der Waals surface area contributed by atoms with E-state index in [9.17, 15) is 4.79 Å². The van der Waals surface area contributed by atoms with Gasteiger partial charge in [0.1, 0.15) is 17.0 Å². The van der Waals surface area contributed by atoms with E-state index >= 15 is 0 Å². The lowest BCUT2D eigenvalue weighted by molar-refractivity contribution is 0.0936. The van der Waals surface area contributed by atoms with Crippen LogP contribution in [0.25, 0.3) is 11.3 Å². The molecule has 1 heterocycles. The number of benzene rings is 1. The van der Waals surface area contributed by atoms with Gasteiger partial charge in [-0.15, -0.1) is 0 Å². The number of nitrogens with one attached hydrogen (secondary N) is 1. The van der Waals surface area contributed by atoms with Crippen LogP contribution in [0.2, 0.25) is 0 Å². The van der Waals surface area contributed by atoms with Gasteiger partial charge >= 0.3 is 0 Å². The van der Waals surface area contributed by atoms with Crippen molar-refractivity contribution >= 4 is 5.91 Å². The van der Waals surface area contributed by atoms with Crippen LogP contribution < -0.4 is 5.32 Å². The summed E-state index contributed by atoms with van der Waals surface area (Å²) in [6, 6.07) is 9.59. The molecule has 0 unspecified atom stereocenters. The zero-order valence-electron chi connectivity index (χ0n) is 13.4. The summed E-state index contributed by atoms with van der Waals surface area (Å²) in [7, 11) is 0. The molecule has 2 aromatic rings. The number of hydrogen-bond donors (Lipinski definition) is 1. The smallest absolute Gasteiger partial charge is 0.257 e. The van der Waals surface area contributed by atoms with Crippen molar-refractivity contribution in [3.05, 3.63) is 41.7 Å². The highest BCUT2D eigenvalue weighted by Crippen LogP contribution is 2.28. The second-order valence-electron chi connectivity index (χ2n) is 5.96. The van der Waals surface area contributed by atoms with E-state index in [2.05, 4.69) is 10.5 Å². The van der Waals surface area contributed by atoms with Gasteiger partial charge < -0.3 is 14.6 Å². The van der Waals surface area contributed by atoms with E-state index in [1.165, 1.54) is 12.8 Å². The first-order valence-electron chi connectivity index (χ1n) is 8.13. The second kappa shape index (κ2) is 7.42. The molecule has 5 heteroatoms. The molecule has 3 rings (SSSR count). The fourth-order valence-corrected chi connectivity index (χ4v) is 2.43. The molecule has 0 aliphatic heterocycles. The van der Waals surface area contributed by atoms with Crippen LogP contribution in [0.1, 0.15) is 35.4 Å². The average molecular weight is 314 g/mol. The Bertz CT molecular complexity index is 648. The summed E-state index contributed by atoms with van der Waals surface area (Å²) in [5, 5.41) is 6.95. The summed E-state index contributed by atoms with van der Waals surface area (Å²) in [6.45, 7) is 3.89. The molecular weight excluding hydrogens is 292 g/mol. The maximum atomic E-state index is 12.4. The summed E-state index contributed by atoms with van der Waals surface area (Å²) < 4.78 is 10.8. The topological polar surface area (TPSA) is 64.4 Å². The average Bonchev–Trinajstić information content (AvgIpc) is 3.31. The Balaban J connectivity index is 1.53. The number of amides is 1. The minimum Gasteiger partial charge on any atom is -0.381 e. The molecule has 23 heavy (non-hydrogen) atoms. The zero-order chi connectivity index (χ0) is 16.1. The molecule has 0 saturated heterocycles. The van der Waals surface area contributed by atoms with E-state index in [4.69, 9.17) is 9.26 Å². The molecule has 1 aliphatic carbocycles. The van der Waals surface area contributed by atoms with Crippen LogP contribution >= 0.6 is 0 Å². The Morgan fingerprint density at radius 2 is 2.13 bits per heavy atom. The van der Waals surface area contributed by atoms with Gasteiger partial charge in [0.15, 0.2) is 0 Å². The lowest BCUT2D eigenvalue weighted by atomic mass is 10.1. The Labute approximate surface area is 136 Å². The third-order valence-electron chi connectivity index (χ3n) is 3.94. The first-order valence-corrected chi connectivity index (χ1v) is 8.13. The standard InChI is InChI=1S/C18H22N2O3/c1-13-16(17(20-23-13)15-6-3-2-4-7-15)18(21)19-10-5-11-22-12-14-8-9-14/h2-4,6-7,14H,5,8-12H2,1H3,(H,19,21). The van der Waals surface area contributed by atoms with Crippen molar-refractivity contribution in [2.45, 2.75) is 26.2 Å². The predicted octanol–water partition coefficient (Wildman–Crippen LogP) is 3.20. The molecule has 0 spiro atoms. The molecule has 1 aromatic carbocycles. The highest BCUT2D eigenvalue weighted by molar-refractivity contribution is 6.00. The van der Waals surface area contributed by atoms with Gasteiger partial charge in [0.05, 0.1) is 0 Å². The fourth-order valence-electron chi connectivity index (χ4n) is 2.43. The molecule has 1 aliphatic rings. The number of aromatic nitrogens is 1. The summed E-state index contributed by atoms with van der Waals surface area (Å²) in [6.07, 6.45) is 3.40. The fraction of sp³-hybridized carbons (Fsp3) is 0.444. The van der Waals surface area contributed by atoms with Gasteiger partial charge in [-0.25, -0.2) is 0 Å². The van der Waals surface area contributed by atoms with Crippen LogP contribution in [0, 0.1) is 12.8 Å². The van der Waals surface area contributed by atoms with Crippen LogP contribution in [0.5, 0.6) is 0 Å². The van der Waals surface area contributed by atoms with Crippen molar-refractivity contribution < 1.29 is 14.1 Å². The third kappa shape index (κ3) is 4.20. The van der Waals surface area contributed by atoms with Crippen molar-refractivity contribution in [3.63, 3.8) is 0 Å². The lowest BCUT2D eigenvalue weighted by Gasteiger charge is -2.06. The van der Waals surface area contributed by atoms with E-state index in [0.717, 1.165) is 24.5 Å². The third-order valence-corrected chi connectivity index (χ3v) is 3.94. The molecule has 1 saturated carbocycles. The van der Waals surface area contributed by atoms with Gasteiger partial charge in [0.2, 0.25) is 0 Å². The van der Waals surface area contributed by atoms with E-state index in [1.807, 2.05) is 30.3 Å². The van der Waals surface area contributed by atoms with E-state index < -0.39 is 0 Å². The lowest BCUT2D eigenvalue weighted by Crippen LogP contribution is -2.26. The molecule has 1 fully saturated rings. The maximum Gasteiger partial charge on any atom is 0.257 e. The quantitative estimate of drug-likeness (QED) is 0.760. The van der Waals surface area contributed by atoms with Crippen LogP contribution in [-0.4, -0.2) is 30.8 Å². The summed E-state index contributed by atoms with van der Waals surface area (Å²) in [4.78, 5) is 12.4. The number of hydrogen-bond acceptors (Lipinski definition) is 4. The largest absolute Gasteiger partial charge is 0.381 e. The number of carbonyl (C=O) groups excluding carboxylic acids is 1. The van der Waals surface area contributed by atoms with Crippen LogP contribution in [0.4, 0.5) is 0 Å². The molecule has 0 radical (unpaired) electrons.